The molecule has 2 aromatic heterocycles. The van der Waals surface area contributed by atoms with Gasteiger partial charge in [-0.2, -0.15) is 0 Å². The number of pyridine rings is 1. The number of hydrogen-bond acceptors (Lipinski definition) is 10. The van der Waals surface area contributed by atoms with E-state index in [1.165, 1.54) is 23.2 Å². The number of hydrogen-bond donors (Lipinski definition) is 5. The molecule has 6 atom stereocenters. The zero-order chi connectivity index (χ0) is 40.4. The molecule has 0 bridgehead atoms. The van der Waals surface area contributed by atoms with Crippen LogP contribution in [0.15, 0.2) is 41.8 Å². The lowest BCUT2D eigenvalue weighted by Gasteiger charge is -2.31. The number of urea groups is 1. The Morgan fingerprint density at radius 3 is 2.61 bits per heavy atom. The van der Waals surface area contributed by atoms with E-state index in [2.05, 4.69) is 26.3 Å². The standard InChI is InChI=1S/C40H51N7O8S/c1-22(39(3,4)5)41-37(53)44-28-13-11-9-7-8-10-12-24-19-40(24,36(51)52)46-34(49)32-17-26(20-47(32)35(28)50)55-33-18-30(31-21-56-38(45-31)42-23(2)48)43-29-16-25(54-6)14-15-27(29)33/h10,12,14-16,18,21-22,24,26,28,32H,7-9,11,13,17,19-20H2,1-6H3,(H,46,49)(H,51,52)(H2,41,44,53)(H,42,45,48)/b12-10-/t22-,24-,26-,28?,32+,40-/m1/s1. The fourth-order valence-electron chi connectivity index (χ4n) is 7.07. The number of anilines is 1. The molecule has 3 aliphatic rings. The summed E-state index contributed by atoms with van der Waals surface area (Å²) in [6.45, 7) is 9.32. The van der Waals surface area contributed by atoms with Crippen molar-refractivity contribution >= 4 is 57.1 Å². The first-order valence-electron chi connectivity index (χ1n) is 19.1. The molecular formula is C40H51N7O8S. The molecule has 56 heavy (non-hydrogen) atoms. The lowest BCUT2D eigenvalue weighted by Crippen LogP contribution is -2.58. The van der Waals surface area contributed by atoms with Crippen molar-refractivity contribution in [3.63, 3.8) is 0 Å². The van der Waals surface area contributed by atoms with Gasteiger partial charge in [-0.1, -0.05) is 45.8 Å². The van der Waals surface area contributed by atoms with E-state index in [9.17, 15) is 29.1 Å². The average Bonchev–Trinajstić information content (AvgIpc) is 3.40. The molecule has 16 heteroatoms. The number of nitrogens with one attached hydrogen (secondary N) is 4. The van der Waals surface area contributed by atoms with Gasteiger partial charge in [0.1, 0.15) is 40.9 Å². The minimum atomic E-state index is -1.47. The molecule has 0 spiro atoms. The number of ether oxygens (including phenoxy) is 2. The number of benzene rings is 1. The molecule has 1 unspecified atom stereocenters. The number of nitrogens with zero attached hydrogens (tertiary/aromatic N) is 3. The van der Waals surface area contributed by atoms with Crippen LogP contribution in [0, 0.1) is 11.3 Å². The Kier molecular flexibility index (Phi) is 11.9. The number of carboxylic acid groups (broad SMARTS) is 1. The van der Waals surface area contributed by atoms with E-state index in [-0.39, 0.29) is 42.7 Å². The lowest BCUT2D eigenvalue weighted by atomic mass is 9.88. The number of aromatic nitrogens is 2. The first-order chi connectivity index (χ1) is 26.6. The predicted octanol–water partition coefficient (Wildman–Crippen LogP) is 5.26. The zero-order valence-corrected chi connectivity index (χ0v) is 33.5. The van der Waals surface area contributed by atoms with E-state index in [0.717, 1.165) is 19.3 Å². The molecule has 2 fully saturated rings. The third kappa shape index (κ3) is 9.06. The maximum absolute atomic E-state index is 14.6. The second kappa shape index (κ2) is 16.5. The molecule has 15 nitrogen and oxygen atoms in total. The number of allylic oxidation sites excluding steroid dienone is 1. The highest BCUT2D eigenvalue weighted by Crippen LogP contribution is 2.45. The summed E-state index contributed by atoms with van der Waals surface area (Å²) in [5.74, 6) is -1.81. The summed E-state index contributed by atoms with van der Waals surface area (Å²) in [5.41, 5.74) is -0.187. The summed E-state index contributed by atoms with van der Waals surface area (Å²) < 4.78 is 12.1. The quantitative estimate of drug-likeness (QED) is 0.188. The van der Waals surface area contributed by atoms with E-state index in [4.69, 9.17) is 14.5 Å². The topological polar surface area (TPSA) is 201 Å². The van der Waals surface area contributed by atoms with Gasteiger partial charge in [0.05, 0.1) is 24.9 Å². The van der Waals surface area contributed by atoms with Gasteiger partial charge in [-0.15, -0.1) is 11.3 Å². The fraction of sp³-hybridized carbons (Fsp3) is 0.525. The van der Waals surface area contributed by atoms with Crippen molar-refractivity contribution in [2.45, 2.75) is 109 Å². The van der Waals surface area contributed by atoms with E-state index in [0.29, 0.717) is 51.8 Å². The fourth-order valence-corrected chi connectivity index (χ4v) is 7.82. The number of methoxy groups -OCH3 is 1. The Hall–Kier alpha value is -5.25. The molecule has 1 saturated carbocycles. The largest absolute Gasteiger partial charge is 0.497 e. The van der Waals surface area contributed by atoms with Crippen LogP contribution in [0.25, 0.3) is 22.3 Å². The van der Waals surface area contributed by atoms with Crippen molar-refractivity contribution in [3.05, 3.63) is 41.8 Å². The molecule has 3 aromatic rings. The van der Waals surface area contributed by atoms with Gasteiger partial charge in [0, 0.05) is 48.2 Å². The number of amides is 5. The monoisotopic (exact) mass is 789 g/mol. The van der Waals surface area contributed by atoms with Crippen LogP contribution in [-0.2, 0) is 19.2 Å². The van der Waals surface area contributed by atoms with Crippen LogP contribution >= 0.6 is 11.3 Å². The highest BCUT2D eigenvalue weighted by molar-refractivity contribution is 7.14. The number of carbonyl (C=O) groups excluding carboxylic acids is 4. The van der Waals surface area contributed by atoms with Crippen LogP contribution < -0.4 is 30.7 Å². The predicted molar refractivity (Wildman–Crippen MR) is 211 cm³/mol. The van der Waals surface area contributed by atoms with E-state index in [1.807, 2.05) is 45.9 Å². The highest BCUT2D eigenvalue weighted by Gasteiger charge is 2.61. The Labute approximate surface area is 330 Å². The van der Waals surface area contributed by atoms with Gasteiger partial charge in [0.2, 0.25) is 17.7 Å². The Balaban J connectivity index is 1.34. The molecule has 1 aliphatic carbocycles. The third-order valence-electron chi connectivity index (χ3n) is 10.9. The van der Waals surface area contributed by atoms with Crippen LogP contribution in [0.5, 0.6) is 11.5 Å². The lowest BCUT2D eigenvalue weighted by molar-refractivity contribution is -0.145. The highest BCUT2D eigenvalue weighted by atomic mass is 32.1. The number of carbonyl (C=O) groups is 5. The second-order valence-corrected chi connectivity index (χ2v) is 16.8. The molecule has 1 aromatic carbocycles. The van der Waals surface area contributed by atoms with Gasteiger partial charge in [-0.25, -0.2) is 19.6 Å². The van der Waals surface area contributed by atoms with Gasteiger partial charge in [0.25, 0.3) is 0 Å². The van der Waals surface area contributed by atoms with Crippen LogP contribution in [0.1, 0.15) is 79.6 Å². The van der Waals surface area contributed by atoms with Gasteiger partial charge in [-0.05, 0) is 50.2 Å². The molecule has 4 heterocycles. The van der Waals surface area contributed by atoms with Crippen LogP contribution in [-0.4, -0.2) is 93.1 Å². The molecule has 0 radical (unpaired) electrons. The first-order valence-corrected chi connectivity index (χ1v) is 19.9. The van der Waals surface area contributed by atoms with Crippen LogP contribution in [0.4, 0.5) is 9.93 Å². The van der Waals surface area contributed by atoms with Crippen molar-refractivity contribution in [3.8, 4) is 22.9 Å². The number of rotatable bonds is 8. The van der Waals surface area contributed by atoms with Crippen LogP contribution in [0.3, 0.4) is 0 Å². The number of aliphatic carboxylic acids is 1. The Morgan fingerprint density at radius 1 is 1.11 bits per heavy atom. The normalized spacial score (nSPS) is 25.4. The van der Waals surface area contributed by atoms with E-state index < -0.39 is 47.5 Å². The summed E-state index contributed by atoms with van der Waals surface area (Å²) in [6.07, 6.45) is 6.80. The van der Waals surface area contributed by atoms with Crippen molar-refractivity contribution < 1.29 is 38.6 Å². The van der Waals surface area contributed by atoms with Crippen molar-refractivity contribution in [1.82, 2.24) is 30.8 Å². The zero-order valence-electron chi connectivity index (χ0n) is 32.6. The summed E-state index contributed by atoms with van der Waals surface area (Å²) >= 11 is 1.25. The Bertz CT molecular complexity index is 2030. The van der Waals surface area contributed by atoms with E-state index in [1.54, 1.807) is 30.7 Å². The molecule has 2 aliphatic heterocycles. The average molecular weight is 790 g/mol. The van der Waals surface area contributed by atoms with Crippen molar-refractivity contribution in [2.24, 2.45) is 11.3 Å². The number of carboxylic acids is 1. The van der Waals surface area contributed by atoms with Crippen molar-refractivity contribution in [2.75, 3.05) is 19.0 Å². The smallest absolute Gasteiger partial charge is 0.330 e. The minimum absolute atomic E-state index is 0.00278. The SMILES string of the molecule is COc1ccc2c(O[C@@H]3C[C@H]4C(=O)N[C@]5(C(=O)O)C[C@H]5/C=C\CCCCCC(NC(=O)N[C@H](C)C(C)(C)C)C(=O)N4C3)cc(-c3csc(NC(C)=O)n3)nc2c1. The number of fused-ring (bicyclic) bond motifs is 3. The van der Waals surface area contributed by atoms with Gasteiger partial charge < -0.3 is 40.7 Å². The molecular weight excluding hydrogens is 739 g/mol. The van der Waals surface area contributed by atoms with Gasteiger partial charge >= 0.3 is 12.0 Å². The molecule has 5 N–H and O–H groups in total. The number of thiazole rings is 1. The van der Waals surface area contributed by atoms with Crippen LogP contribution in [0.2, 0.25) is 0 Å². The molecule has 6 rings (SSSR count). The van der Waals surface area contributed by atoms with Crippen molar-refractivity contribution in [1.29, 1.82) is 0 Å². The summed E-state index contributed by atoms with van der Waals surface area (Å²) in [5, 5.41) is 24.4. The maximum Gasteiger partial charge on any atom is 0.330 e. The molecule has 5 amide bonds. The minimum Gasteiger partial charge on any atom is -0.497 e. The third-order valence-corrected chi connectivity index (χ3v) is 11.7. The summed E-state index contributed by atoms with van der Waals surface area (Å²) in [4.78, 5) is 77.1. The first kappa shape index (κ1) is 40.4. The summed E-state index contributed by atoms with van der Waals surface area (Å²) in [6, 6.07) is 4.37. The Morgan fingerprint density at radius 2 is 1.89 bits per heavy atom. The summed E-state index contributed by atoms with van der Waals surface area (Å²) in [7, 11) is 1.55. The van der Waals surface area contributed by atoms with E-state index >= 15 is 0 Å². The second-order valence-electron chi connectivity index (χ2n) is 16.0. The molecule has 300 valence electrons. The maximum atomic E-state index is 14.6. The van der Waals surface area contributed by atoms with Gasteiger partial charge in [-0.3, -0.25) is 14.4 Å². The van der Waals surface area contributed by atoms with Gasteiger partial charge in [0.15, 0.2) is 5.13 Å². The molecule has 1 saturated heterocycles.